The molecule has 256 valence electrons. The Bertz CT molecular complexity index is 3430. The zero-order valence-electron chi connectivity index (χ0n) is 29.5. The molecule has 0 unspecified atom stereocenters. The number of hydrogen-bond acceptors (Lipinski definition) is 3. The van der Waals surface area contributed by atoms with Crippen LogP contribution < -0.4 is 0 Å². The van der Waals surface area contributed by atoms with Crippen LogP contribution in [0.4, 0.5) is 0 Å². The number of rotatable bonds is 4. The summed E-state index contributed by atoms with van der Waals surface area (Å²) in [5.74, 6) is 1.80. The summed E-state index contributed by atoms with van der Waals surface area (Å²) in [6.07, 6.45) is 0. The van der Waals surface area contributed by atoms with Crippen LogP contribution in [0.25, 0.3) is 105 Å². The molecule has 0 bridgehead atoms. The van der Waals surface area contributed by atoms with Gasteiger partial charge in [0.2, 0.25) is 5.95 Å². The summed E-state index contributed by atoms with van der Waals surface area (Å²) >= 11 is 0. The minimum atomic E-state index is 0.578. The molecule has 0 aliphatic heterocycles. The Labute approximate surface area is 314 Å². The van der Waals surface area contributed by atoms with Crippen LogP contribution in [0.1, 0.15) is 0 Å². The first kappa shape index (κ1) is 29.9. The monoisotopic (exact) mass is 702 g/mol. The van der Waals surface area contributed by atoms with Crippen molar-refractivity contribution in [3.63, 3.8) is 0 Å². The smallest absolute Gasteiger partial charge is 0.238 e. The van der Waals surface area contributed by atoms with Crippen LogP contribution in [-0.4, -0.2) is 28.5 Å². The highest BCUT2D eigenvalue weighted by molar-refractivity contribution is 6.23. The summed E-state index contributed by atoms with van der Waals surface area (Å²) in [4.78, 5) is 15.6. The minimum absolute atomic E-state index is 0.578. The van der Waals surface area contributed by atoms with E-state index in [4.69, 9.17) is 15.0 Å². The molecule has 0 saturated heterocycles. The van der Waals surface area contributed by atoms with E-state index in [0.29, 0.717) is 17.6 Å². The highest BCUT2D eigenvalue weighted by Gasteiger charge is 2.20. The number of hydrogen-bond donors (Lipinski definition) is 0. The van der Waals surface area contributed by atoms with Crippen LogP contribution in [0, 0.1) is 0 Å². The molecule has 0 atom stereocenters. The first-order valence-corrected chi connectivity index (χ1v) is 18.6. The number of aromatic nitrogens is 6. The Morgan fingerprint density at radius 1 is 0.345 bits per heavy atom. The van der Waals surface area contributed by atoms with Gasteiger partial charge in [-0.05, 0) is 53.9 Å². The lowest BCUT2D eigenvalue weighted by atomic mass is 10.0. The summed E-state index contributed by atoms with van der Waals surface area (Å²) in [5.41, 5.74) is 10.7. The molecule has 55 heavy (non-hydrogen) atoms. The molecule has 6 nitrogen and oxygen atoms in total. The lowest BCUT2D eigenvalue weighted by Crippen LogP contribution is -2.06. The maximum absolute atomic E-state index is 5.27. The lowest BCUT2D eigenvalue weighted by molar-refractivity contribution is 0.953. The molecule has 0 spiro atoms. The second kappa shape index (κ2) is 11.5. The molecule has 0 radical (unpaired) electrons. The zero-order valence-corrected chi connectivity index (χ0v) is 29.5. The largest absolute Gasteiger partial charge is 0.308 e. The molecule has 0 aliphatic carbocycles. The number of nitrogens with zero attached hydrogens (tertiary/aromatic N) is 6. The van der Waals surface area contributed by atoms with Gasteiger partial charge in [-0.15, -0.1) is 0 Å². The van der Waals surface area contributed by atoms with Crippen molar-refractivity contribution in [1.29, 1.82) is 0 Å². The average molecular weight is 703 g/mol. The van der Waals surface area contributed by atoms with E-state index >= 15 is 0 Å². The van der Waals surface area contributed by atoms with E-state index in [1.807, 2.05) is 18.2 Å². The molecule has 0 fully saturated rings. The van der Waals surface area contributed by atoms with Crippen LogP contribution in [0.2, 0.25) is 0 Å². The second-order valence-corrected chi connectivity index (χ2v) is 14.1. The molecule has 4 aromatic heterocycles. The predicted molar refractivity (Wildman–Crippen MR) is 225 cm³/mol. The van der Waals surface area contributed by atoms with Crippen LogP contribution in [0.5, 0.6) is 0 Å². The van der Waals surface area contributed by atoms with Gasteiger partial charge in [0, 0.05) is 43.7 Å². The van der Waals surface area contributed by atoms with Crippen molar-refractivity contribution >= 4 is 70.9 Å². The van der Waals surface area contributed by atoms with E-state index in [1.165, 1.54) is 32.6 Å². The van der Waals surface area contributed by atoms with Gasteiger partial charge in [-0.3, -0.25) is 4.57 Å². The Balaban J connectivity index is 1.16. The number of benzene rings is 8. The summed E-state index contributed by atoms with van der Waals surface area (Å²) in [7, 11) is 0. The Hall–Kier alpha value is -7.57. The molecule has 12 rings (SSSR count). The highest BCUT2D eigenvalue weighted by Crippen LogP contribution is 2.40. The Morgan fingerprint density at radius 3 is 1.65 bits per heavy atom. The van der Waals surface area contributed by atoms with Crippen molar-refractivity contribution in [3.8, 4) is 34.4 Å². The fourth-order valence-corrected chi connectivity index (χ4v) is 8.73. The van der Waals surface area contributed by atoms with Crippen molar-refractivity contribution in [1.82, 2.24) is 28.5 Å². The second-order valence-electron chi connectivity index (χ2n) is 14.1. The fourth-order valence-electron chi connectivity index (χ4n) is 8.73. The van der Waals surface area contributed by atoms with Crippen molar-refractivity contribution < 1.29 is 0 Å². The molecule has 4 heterocycles. The zero-order chi connectivity index (χ0) is 36.0. The molecular formula is C49H30N6. The minimum Gasteiger partial charge on any atom is -0.308 e. The Morgan fingerprint density at radius 2 is 0.909 bits per heavy atom. The van der Waals surface area contributed by atoms with Crippen molar-refractivity contribution in [2.75, 3.05) is 0 Å². The van der Waals surface area contributed by atoms with Gasteiger partial charge in [0.15, 0.2) is 11.6 Å². The molecule has 0 saturated carbocycles. The molecular weight excluding hydrogens is 673 g/mol. The predicted octanol–water partition coefficient (Wildman–Crippen LogP) is 12.0. The number of fused-ring (bicyclic) bond motifs is 8. The van der Waals surface area contributed by atoms with Crippen molar-refractivity contribution in [2.24, 2.45) is 0 Å². The summed E-state index contributed by atoms with van der Waals surface area (Å²) in [5, 5.41) is 7.23. The average Bonchev–Trinajstić information content (AvgIpc) is 3.73. The third kappa shape index (κ3) is 4.33. The molecule has 12 aromatic rings. The quantitative estimate of drug-likeness (QED) is 0.183. The Kier molecular flexibility index (Phi) is 6.24. The van der Waals surface area contributed by atoms with Crippen LogP contribution in [0.3, 0.4) is 0 Å². The van der Waals surface area contributed by atoms with Crippen LogP contribution >= 0.6 is 0 Å². The van der Waals surface area contributed by atoms with Crippen molar-refractivity contribution in [2.45, 2.75) is 0 Å². The SMILES string of the molecule is c1ccc(-c2nc(-c3cccc(-n4c5cccc6ccc7c8ccccc8n(c8ccccc84)c7c65)c3)nc(-n3c4ccccc4c4ccccc43)n2)cc1. The topological polar surface area (TPSA) is 52.9 Å². The van der Waals surface area contributed by atoms with Crippen molar-refractivity contribution in [3.05, 3.63) is 182 Å². The first-order valence-electron chi connectivity index (χ1n) is 18.6. The molecule has 8 aromatic carbocycles. The third-order valence-electron chi connectivity index (χ3n) is 11.1. The first-order chi connectivity index (χ1) is 27.3. The van der Waals surface area contributed by atoms with Gasteiger partial charge in [0.05, 0.1) is 38.6 Å². The summed E-state index contributed by atoms with van der Waals surface area (Å²) in [6, 6.07) is 64.3. The van der Waals surface area contributed by atoms with E-state index in [2.05, 4.69) is 177 Å². The van der Waals surface area contributed by atoms with Gasteiger partial charge in [-0.2, -0.15) is 9.97 Å². The summed E-state index contributed by atoms with van der Waals surface area (Å²) in [6.45, 7) is 0. The van der Waals surface area contributed by atoms with E-state index in [9.17, 15) is 0 Å². The fraction of sp³-hybridized carbons (Fsp3) is 0. The highest BCUT2D eigenvalue weighted by atomic mass is 15.2. The normalized spacial score (nSPS) is 12.0. The maximum Gasteiger partial charge on any atom is 0.238 e. The van der Waals surface area contributed by atoms with Gasteiger partial charge in [-0.1, -0.05) is 133 Å². The van der Waals surface area contributed by atoms with Gasteiger partial charge in [-0.25, -0.2) is 4.98 Å². The van der Waals surface area contributed by atoms with Gasteiger partial charge < -0.3 is 8.97 Å². The molecule has 0 aliphatic rings. The maximum atomic E-state index is 5.27. The van der Waals surface area contributed by atoms with E-state index in [-0.39, 0.29) is 0 Å². The van der Waals surface area contributed by atoms with E-state index in [1.54, 1.807) is 0 Å². The van der Waals surface area contributed by atoms with E-state index < -0.39 is 0 Å². The van der Waals surface area contributed by atoms with Crippen LogP contribution in [0.15, 0.2) is 182 Å². The van der Waals surface area contributed by atoms with Gasteiger partial charge >= 0.3 is 0 Å². The molecule has 0 N–H and O–H groups in total. The van der Waals surface area contributed by atoms with Crippen LogP contribution in [-0.2, 0) is 0 Å². The van der Waals surface area contributed by atoms with Gasteiger partial charge in [0.25, 0.3) is 0 Å². The van der Waals surface area contributed by atoms with E-state index in [0.717, 1.165) is 55.2 Å². The standard InChI is InChI=1S/C49H30N6/c1-2-14-32(15-3-1)47-50-48(52-49(51-47)55-40-23-8-4-19-35(40)36-20-5-9-24-41(36)55)33-17-12-18-34(30-33)53-42-25-10-11-26-43(42)54-39-22-7-6-21-37(39)38-29-28-31-16-13-27-44(53)45(31)46(38)54/h1-30H. The molecule has 6 heteroatoms. The van der Waals surface area contributed by atoms with Gasteiger partial charge in [0.1, 0.15) is 0 Å². The summed E-state index contributed by atoms with van der Waals surface area (Å²) < 4.78 is 7.01. The molecule has 0 amide bonds. The lowest BCUT2D eigenvalue weighted by Gasteiger charge is -2.14. The number of para-hydroxylation sites is 5. The third-order valence-corrected chi connectivity index (χ3v) is 11.1.